The Kier molecular flexibility index (Phi) is 6.89. The van der Waals surface area contributed by atoms with E-state index in [1.54, 1.807) is 36.2 Å². The van der Waals surface area contributed by atoms with E-state index in [2.05, 4.69) is 10.6 Å². The fourth-order valence-electron chi connectivity index (χ4n) is 2.52. The quantitative estimate of drug-likeness (QED) is 0.804. The molecule has 0 fully saturated rings. The molecule has 134 valence electrons. The molecule has 0 aliphatic carbocycles. The minimum Gasteiger partial charge on any atom is -0.325 e. The molecule has 2 aromatic rings. The Balaban J connectivity index is 1.83. The highest BCUT2D eigenvalue weighted by Crippen LogP contribution is 2.15. The van der Waals surface area contributed by atoms with Crippen molar-refractivity contribution in [3.63, 3.8) is 0 Å². The van der Waals surface area contributed by atoms with Gasteiger partial charge in [-0.05, 0) is 49.4 Å². The summed E-state index contributed by atoms with van der Waals surface area (Å²) in [6.45, 7) is 2.23. The molecule has 0 saturated carbocycles. The first-order valence-electron chi connectivity index (χ1n) is 8.38. The second kappa shape index (κ2) is 9.35. The number of benzene rings is 2. The number of carbonyl (C=O) groups is 2. The van der Waals surface area contributed by atoms with Crippen molar-refractivity contribution in [2.75, 3.05) is 30.8 Å². The monoisotopic (exact) mass is 350 g/mol. The molecule has 2 amide bonds. The average molecular weight is 350 g/mol. The molecule has 0 spiro atoms. The fraction of sp³-hybridized carbons (Fsp3) is 0.250. The minimum absolute atomic E-state index is 0.0862. The van der Waals surface area contributed by atoms with Crippen LogP contribution in [0, 0.1) is 11.3 Å². The lowest BCUT2D eigenvalue weighted by molar-refractivity contribution is -0.119. The Labute approximate surface area is 153 Å². The summed E-state index contributed by atoms with van der Waals surface area (Å²) in [5.74, 6) is -0.390. The van der Waals surface area contributed by atoms with Crippen LogP contribution in [0.15, 0.2) is 48.5 Å². The number of likely N-dealkylation sites (N-methyl/N-ethyl adjacent to an activating group) is 1. The van der Waals surface area contributed by atoms with E-state index in [1.807, 2.05) is 37.3 Å². The molecule has 6 heteroatoms. The van der Waals surface area contributed by atoms with Crippen LogP contribution in [0.3, 0.4) is 0 Å². The fourth-order valence-corrected chi connectivity index (χ4v) is 2.52. The van der Waals surface area contributed by atoms with E-state index in [0.717, 1.165) is 17.7 Å². The summed E-state index contributed by atoms with van der Waals surface area (Å²) in [5.41, 5.74) is 3.02. The van der Waals surface area contributed by atoms with Crippen molar-refractivity contribution in [1.82, 2.24) is 4.90 Å². The van der Waals surface area contributed by atoms with Gasteiger partial charge < -0.3 is 10.6 Å². The first kappa shape index (κ1) is 19.2. The molecule has 0 aliphatic heterocycles. The largest absolute Gasteiger partial charge is 0.325 e. The van der Waals surface area contributed by atoms with E-state index in [9.17, 15) is 9.59 Å². The van der Waals surface area contributed by atoms with Crippen LogP contribution in [0.4, 0.5) is 11.4 Å². The Morgan fingerprint density at radius 2 is 1.62 bits per heavy atom. The first-order valence-corrected chi connectivity index (χ1v) is 8.38. The second-order valence-electron chi connectivity index (χ2n) is 5.97. The standard InChI is InChI=1S/C20H22N4O2/c1-3-16-6-4-5-7-18(16)23-20(26)14-24(2)13-19(25)22-17-10-8-15(12-21)9-11-17/h4-11H,3,13-14H2,1-2H3,(H,22,25)(H,23,26). The topological polar surface area (TPSA) is 85.2 Å². The maximum absolute atomic E-state index is 12.2. The summed E-state index contributed by atoms with van der Waals surface area (Å²) in [5, 5.41) is 14.4. The lowest BCUT2D eigenvalue weighted by atomic mass is 10.1. The number of amides is 2. The SMILES string of the molecule is CCc1ccccc1NC(=O)CN(C)CC(=O)Nc1ccc(C#N)cc1. The van der Waals surface area contributed by atoms with Gasteiger partial charge in [0.05, 0.1) is 24.7 Å². The van der Waals surface area contributed by atoms with Crippen molar-refractivity contribution in [3.05, 3.63) is 59.7 Å². The molecular formula is C20H22N4O2. The van der Waals surface area contributed by atoms with Gasteiger partial charge >= 0.3 is 0 Å². The Bertz CT molecular complexity index is 809. The van der Waals surface area contributed by atoms with Crippen LogP contribution in [0.1, 0.15) is 18.1 Å². The normalized spacial score (nSPS) is 10.2. The number of aryl methyl sites for hydroxylation is 1. The van der Waals surface area contributed by atoms with Crippen LogP contribution in [-0.2, 0) is 16.0 Å². The zero-order valence-corrected chi connectivity index (χ0v) is 15.0. The third kappa shape index (κ3) is 5.72. The summed E-state index contributed by atoms with van der Waals surface area (Å²) in [6.07, 6.45) is 0.833. The molecule has 0 aliphatic rings. The lowest BCUT2D eigenvalue weighted by Gasteiger charge is -2.17. The molecule has 0 atom stereocenters. The molecule has 0 heterocycles. The number of carbonyl (C=O) groups excluding carboxylic acids is 2. The van der Waals surface area contributed by atoms with Crippen LogP contribution in [0.25, 0.3) is 0 Å². The van der Waals surface area contributed by atoms with Crippen molar-refractivity contribution < 1.29 is 9.59 Å². The van der Waals surface area contributed by atoms with Crippen molar-refractivity contribution in [3.8, 4) is 6.07 Å². The average Bonchev–Trinajstić information content (AvgIpc) is 2.62. The Hall–Kier alpha value is -3.17. The molecule has 0 aromatic heterocycles. The highest BCUT2D eigenvalue weighted by Gasteiger charge is 2.12. The summed E-state index contributed by atoms with van der Waals surface area (Å²) in [6, 6.07) is 16.3. The number of nitrogens with one attached hydrogen (secondary N) is 2. The third-order valence-corrected chi connectivity index (χ3v) is 3.80. The third-order valence-electron chi connectivity index (χ3n) is 3.80. The molecular weight excluding hydrogens is 328 g/mol. The van der Waals surface area contributed by atoms with Gasteiger partial charge in [0, 0.05) is 11.4 Å². The van der Waals surface area contributed by atoms with E-state index in [4.69, 9.17) is 5.26 Å². The van der Waals surface area contributed by atoms with E-state index in [1.165, 1.54) is 0 Å². The van der Waals surface area contributed by atoms with Gasteiger partial charge in [-0.15, -0.1) is 0 Å². The van der Waals surface area contributed by atoms with Gasteiger partial charge in [-0.3, -0.25) is 14.5 Å². The van der Waals surface area contributed by atoms with Gasteiger partial charge in [0.15, 0.2) is 0 Å². The number of hydrogen-bond acceptors (Lipinski definition) is 4. The van der Waals surface area contributed by atoms with Gasteiger partial charge in [0.25, 0.3) is 0 Å². The molecule has 26 heavy (non-hydrogen) atoms. The van der Waals surface area contributed by atoms with Crippen LogP contribution in [0.5, 0.6) is 0 Å². The predicted octanol–water partition coefficient (Wildman–Crippen LogP) is 2.63. The second-order valence-corrected chi connectivity index (χ2v) is 5.97. The summed E-state index contributed by atoms with van der Waals surface area (Å²) < 4.78 is 0. The number of anilines is 2. The number of hydrogen-bond donors (Lipinski definition) is 2. The van der Waals surface area contributed by atoms with Crippen LogP contribution >= 0.6 is 0 Å². The van der Waals surface area contributed by atoms with Crippen LogP contribution < -0.4 is 10.6 Å². The molecule has 2 aromatic carbocycles. The number of rotatable bonds is 7. The molecule has 0 radical (unpaired) electrons. The van der Waals surface area contributed by atoms with Gasteiger partial charge in [-0.25, -0.2) is 0 Å². The Morgan fingerprint density at radius 1 is 1.00 bits per heavy atom. The van der Waals surface area contributed by atoms with E-state index >= 15 is 0 Å². The van der Waals surface area contributed by atoms with E-state index in [0.29, 0.717) is 11.3 Å². The maximum atomic E-state index is 12.2. The minimum atomic E-state index is -0.223. The van der Waals surface area contributed by atoms with Gasteiger partial charge in [0.2, 0.25) is 11.8 Å². The Morgan fingerprint density at radius 3 is 2.23 bits per heavy atom. The predicted molar refractivity (Wildman–Crippen MR) is 102 cm³/mol. The van der Waals surface area contributed by atoms with Crippen molar-refractivity contribution >= 4 is 23.2 Å². The number of nitriles is 1. The van der Waals surface area contributed by atoms with Crippen molar-refractivity contribution in [2.24, 2.45) is 0 Å². The zero-order chi connectivity index (χ0) is 18.9. The molecule has 2 N–H and O–H groups in total. The van der Waals surface area contributed by atoms with Gasteiger partial charge in [-0.2, -0.15) is 5.26 Å². The first-order chi connectivity index (χ1) is 12.5. The zero-order valence-electron chi connectivity index (χ0n) is 15.0. The highest BCUT2D eigenvalue weighted by molar-refractivity contribution is 5.95. The van der Waals surface area contributed by atoms with E-state index < -0.39 is 0 Å². The molecule has 6 nitrogen and oxygen atoms in total. The van der Waals surface area contributed by atoms with Crippen LogP contribution in [-0.4, -0.2) is 36.9 Å². The highest BCUT2D eigenvalue weighted by atomic mass is 16.2. The van der Waals surface area contributed by atoms with Gasteiger partial charge in [0.1, 0.15) is 0 Å². The number of nitrogens with zero attached hydrogens (tertiary/aromatic N) is 2. The molecule has 0 saturated heterocycles. The van der Waals surface area contributed by atoms with Crippen LogP contribution in [0.2, 0.25) is 0 Å². The lowest BCUT2D eigenvalue weighted by Crippen LogP contribution is -2.36. The molecule has 2 rings (SSSR count). The summed E-state index contributed by atoms with van der Waals surface area (Å²) in [4.78, 5) is 25.9. The smallest absolute Gasteiger partial charge is 0.238 e. The van der Waals surface area contributed by atoms with Crippen molar-refractivity contribution in [1.29, 1.82) is 5.26 Å². The van der Waals surface area contributed by atoms with Crippen molar-refractivity contribution in [2.45, 2.75) is 13.3 Å². The summed E-state index contributed by atoms with van der Waals surface area (Å²) >= 11 is 0. The maximum Gasteiger partial charge on any atom is 0.238 e. The summed E-state index contributed by atoms with van der Waals surface area (Å²) in [7, 11) is 1.71. The van der Waals surface area contributed by atoms with E-state index in [-0.39, 0.29) is 24.9 Å². The molecule has 0 bridgehead atoms. The molecule has 0 unspecified atom stereocenters. The number of para-hydroxylation sites is 1. The van der Waals surface area contributed by atoms with Gasteiger partial charge in [-0.1, -0.05) is 25.1 Å².